The Bertz CT molecular complexity index is 1920. The largest absolute Gasteiger partial charge is 0.505 e. The zero-order chi connectivity index (χ0) is 31.2. The number of carbonyl (C=O) groups is 1. The Morgan fingerprint density at radius 2 is 1.14 bits per heavy atom. The molecular weight excluding hydrogens is 599 g/mol. The second-order valence-corrected chi connectivity index (χ2v) is 13.0. The number of allylic oxidation sites excluding steroid dienone is 5. The fraction of sp³-hybridized carbons (Fsp3) is 0.194. The van der Waals surface area contributed by atoms with Gasteiger partial charge in [-0.3, -0.25) is 4.79 Å². The number of nitrogens with two attached hydrogens (primary N) is 5. The summed E-state index contributed by atoms with van der Waals surface area (Å²) < 4.78 is 0. The summed E-state index contributed by atoms with van der Waals surface area (Å²) in [5, 5.41) is 35.3. The van der Waals surface area contributed by atoms with Crippen molar-refractivity contribution in [3.63, 3.8) is 0 Å². The number of aromatic hydroxyl groups is 3. The van der Waals surface area contributed by atoms with Crippen molar-refractivity contribution in [3.8, 4) is 17.2 Å². The van der Waals surface area contributed by atoms with Crippen LogP contribution >= 0.6 is 27.7 Å². The van der Waals surface area contributed by atoms with E-state index < -0.39 is 0 Å². The van der Waals surface area contributed by atoms with E-state index in [0.29, 0.717) is 60.4 Å². The summed E-state index contributed by atoms with van der Waals surface area (Å²) >= 11 is 0. The lowest BCUT2D eigenvalue weighted by atomic mass is 9.83. The molecule has 0 saturated carbocycles. The maximum Gasteiger partial charge on any atom is 0.191 e. The lowest BCUT2D eigenvalue weighted by molar-refractivity contribution is 0.104. The summed E-state index contributed by atoms with van der Waals surface area (Å²) in [6, 6.07) is 0. The van der Waals surface area contributed by atoms with Crippen LogP contribution in [-0.2, 0) is 6.42 Å². The molecule has 0 amide bonds. The average molecular weight is 634 g/mol. The van der Waals surface area contributed by atoms with E-state index in [1.54, 1.807) is 6.92 Å². The van der Waals surface area contributed by atoms with Gasteiger partial charge in [0.1, 0.15) is 5.75 Å². The third kappa shape index (κ3) is 3.99. The molecule has 0 spiro atoms. The molecule has 0 fully saturated rings. The van der Waals surface area contributed by atoms with Crippen molar-refractivity contribution in [2.24, 2.45) is 0 Å². The van der Waals surface area contributed by atoms with E-state index in [2.05, 4.69) is 27.7 Å². The highest BCUT2D eigenvalue weighted by atomic mass is 31.0. The minimum absolute atomic E-state index is 0.000703. The van der Waals surface area contributed by atoms with Crippen LogP contribution in [-0.4, -0.2) is 21.1 Å². The first kappa shape index (κ1) is 29.3. The smallest absolute Gasteiger partial charge is 0.191 e. The van der Waals surface area contributed by atoms with E-state index in [0.717, 1.165) is 36.8 Å². The number of Topliss-reactive ketones (excluding diaryl/α,β-unsaturated/α-hetero) is 1. The topological polar surface area (TPSA) is 208 Å². The van der Waals surface area contributed by atoms with Crippen LogP contribution in [0.2, 0.25) is 0 Å². The summed E-state index contributed by atoms with van der Waals surface area (Å²) in [5.41, 5.74) is 38.2. The number of ketones is 1. The molecule has 0 aromatic heterocycles. The fourth-order valence-electron chi connectivity index (χ4n) is 6.28. The van der Waals surface area contributed by atoms with E-state index >= 15 is 0 Å². The predicted octanol–water partition coefficient (Wildman–Crippen LogP) is 3.12. The van der Waals surface area contributed by atoms with Gasteiger partial charge in [0.15, 0.2) is 17.3 Å². The van der Waals surface area contributed by atoms with Crippen LogP contribution in [0.4, 0.5) is 28.4 Å². The molecule has 3 aliphatic carbocycles. The highest BCUT2D eigenvalue weighted by molar-refractivity contribution is 7.28. The summed E-state index contributed by atoms with van der Waals surface area (Å²) in [6.45, 7) is 1.73. The standard InChI is InChI=1S/C31H34N5O4P3/c1-9-20(32)27(39)23(35)18(29(9)41)16(19-24(36)28(40)22(34)15(31(19)43)11-6-3-7-11)12-8-13-17(25(12)37)30(42)14(10-4-2-5-10)21(33)26(13)38/h4,6,38-40H,2-3,5,7-8,32-36,41-43H2,1H3/b16-12-. The average Bonchev–Trinajstić information content (AvgIpc) is 3.27. The van der Waals surface area contributed by atoms with Crippen molar-refractivity contribution in [3.05, 3.63) is 56.7 Å². The summed E-state index contributed by atoms with van der Waals surface area (Å²) in [4.78, 5) is 14.5. The third-order valence-electron chi connectivity index (χ3n) is 9.00. The maximum absolute atomic E-state index is 14.5. The van der Waals surface area contributed by atoms with Crippen LogP contribution in [0, 0.1) is 6.92 Å². The van der Waals surface area contributed by atoms with Crippen molar-refractivity contribution < 1.29 is 20.1 Å². The van der Waals surface area contributed by atoms with Gasteiger partial charge in [0, 0.05) is 50.9 Å². The van der Waals surface area contributed by atoms with E-state index in [1.807, 2.05) is 12.2 Å². The predicted molar refractivity (Wildman–Crippen MR) is 188 cm³/mol. The fourth-order valence-corrected chi connectivity index (χ4v) is 8.02. The maximum atomic E-state index is 14.5. The number of benzene rings is 3. The van der Waals surface area contributed by atoms with Crippen molar-refractivity contribution in [2.45, 2.75) is 39.0 Å². The van der Waals surface area contributed by atoms with Gasteiger partial charge in [-0.1, -0.05) is 12.2 Å². The Balaban J connectivity index is 1.77. The Morgan fingerprint density at radius 1 is 0.674 bits per heavy atom. The Labute approximate surface area is 255 Å². The van der Waals surface area contributed by atoms with E-state index in [4.69, 9.17) is 28.7 Å². The third-order valence-corrected chi connectivity index (χ3v) is 10.9. The number of phenols is 3. The lowest BCUT2D eigenvalue weighted by Gasteiger charge is -2.27. The van der Waals surface area contributed by atoms with Crippen LogP contribution in [0.1, 0.15) is 69.4 Å². The SMILES string of the molecule is Cc1c(N)c(O)c(N)c(/C(=C2\Cc3c(O)c(N)c(C4=CCC4)c(P)c3C2=O)c2c(N)c(O)c(N)c(C3=CCC3)c2P)c1P. The zero-order valence-electron chi connectivity index (χ0n) is 23.6. The molecule has 3 atom stereocenters. The molecular formula is C31H34N5O4P3. The molecule has 0 heterocycles. The van der Waals surface area contributed by atoms with E-state index in [9.17, 15) is 20.1 Å². The molecule has 0 saturated heterocycles. The normalized spacial score (nSPS) is 16.8. The molecule has 3 aromatic carbocycles. The van der Waals surface area contributed by atoms with Crippen LogP contribution in [0.3, 0.4) is 0 Å². The minimum atomic E-state index is -0.353. The van der Waals surface area contributed by atoms with Gasteiger partial charge in [0.25, 0.3) is 0 Å². The molecule has 0 radical (unpaired) electrons. The molecule has 13 N–H and O–H groups in total. The van der Waals surface area contributed by atoms with Gasteiger partial charge in [0.05, 0.1) is 28.4 Å². The molecule has 3 unspecified atom stereocenters. The van der Waals surface area contributed by atoms with Gasteiger partial charge in [-0.25, -0.2) is 0 Å². The van der Waals surface area contributed by atoms with Gasteiger partial charge in [-0.2, -0.15) is 0 Å². The first-order valence-electron chi connectivity index (χ1n) is 13.7. The zero-order valence-corrected chi connectivity index (χ0v) is 27.0. The molecule has 222 valence electrons. The first-order valence-corrected chi connectivity index (χ1v) is 15.5. The monoisotopic (exact) mass is 633 g/mol. The highest BCUT2D eigenvalue weighted by Crippen LogP contribution is 2.50. The number of phenolic OH excluding ortho intramolecular Hbond substituents is 3. The Hall–Kier alpha value is -3.76. The summed E-state index contributed by atoms with van der Waals surface area (Å²) in [6.07, 6.45) is 7.36. The van der Waals surface area contributed by atoms with E-state index in [-0.39, 0.29) is 63.5 Å². The van der Waals surface area contributed by atoms with Crippen molar-refractivity contribution >= 4 is 94.6 Å². The molecule has 3 aromatic rings. The first-order chi connectivity index (χ1) is 20.3. The van der Waals surface area contributed by atoms with Crippen LogP contribution in [0.15, 0.2) is 17.7 Å². The number of carbonyl (C=O) groups excluding carboxylic acids is 1. The van der Waals surface area contributed by atoms with Crippen molar-refractivity contribution in [1.29, 1.82) is 0 Å². The summed E-state index contributed by atoms with van der Waals surface area (Å²) in [5.74, 6) is -1.15. The van der Waals surface area contributed by atoms with Gasteiger partial charge in [-0.15, -0.1) is 27.7 Å². The number of fused-ring (bicyclic) bond motifs is 1. The van der Waals surface area contributed by atoms with E-state index in [1.165, 1.54) is 0 Å². The number of anilines is 5. The molecule has 9 nitrogen and oxygen atoms in total. The molecule has 43 heavy (non-hydrogen) atoms. The Kier molecular flexibility index (Phi) is 6.93. The van der Waals surface area contributed by atoms with Gasteiger partial charge in [0.2, 0.25) is 0 Å². The molecule has 6 rings (SSSR count). The second-order valence-electron chi connectivity index (χ2n) is 11.2. The quantitative estimate of drug-likeness (QED) is 0.0918. The number of nitrogen functional groups attached to an aromatic ring is 5. The van der Waals surface area contributed by atoms with Gasteiger partial charge < -0.3 is 44.0 Å². The molecule has 12 heteroatoms. The lowest BCUT2D eigenvalue weighted by Crippen LogP contribution is -2.22. The van der Waals surface area contributed by atoms with Gasteiger partial charge >= 0.3 is 0 Å². The number of hydrogen-bond acceptors (Lipinski definition) is 9. The van der Waals surface area contributed by atoms with Crippen LogP contribution in [0.25, 0.3) is 16.7 Å². The van der Waals surface area contributed by atoms with Crippen LogP contribution < -0.4 is 44.6 Å². The van der Waals surface area contributed by atoms with Crippen molar-refractivity contribution in [2.75, 3.05) is 28.7 Å². The minimum Gasteiger partial charge on any atom is -0.505 e. The second kappa shape index (κ2) is 10.2. The Morgan fingerprint density at radius 3 is 1.65 bits per heavy atom. The van der Waals surface area contributed by atoms with Crippen LogP contribution in [0.5, 0.6) is 17.2 Å². The molecule has 0 bridgehead atoms. The number of rotatable bonds is 4. The molecule has 0 aliphatic heterocycles. The summed E-state index contributed by atoms with van der Waals surface area (Å²) in [7, 11) is 7.91. The molecule has 3 aliphatic rings. The highest BCUT2D eigenvalue weighted by Gasteiger charge is 2.39. The van der Waals surface area contributed by atoms with Crippen molar-refractivity contribution in [1.82, 2.24) is 0 Å². The number of hydrogen-bond donors (Lipinski definition) is 8. The van der Waals surface area contributed by atoms with Gasteiger partial charge in [-0.05, 0) is 65.2 Å².